The molecule has 0 bridgehead atoms. The van der Waals surface area contributed by atoms with E-state index in [-0.39, 0.29) is 0 Å². The Kier molecular flexibility index (Phi) is 5.56. The first kappa shape index (κ1) is 27.3. The predicted molar refractivity (Wildman–Crippen MR) is 200 cm³/mol. The van der Waals surface area contributed by atoms with Gasteiger partial charge in [-0.25, -0.2) is 15.0 Å². The van der Waals surface area contributed by atoms with Crippen LogP contribution < -0.4 is 0 Å². The zero-order chi connectivity index (χ0) is 32.8. The zero-order valence-corrected chi connectivity index (χ0v) is 26.8. The highest BCUT2D eigenvalue weighted by Gasteiger charge is 2.52. The van der Waals surface area contributed by atoms with Crippen molar-refractivity contribution in [1.82, 2.24) is 15.0 Å². The SMILES string of the molecule is c1ccc(-c2nc(-c3ccc4oc5ccccc5c4c3)nc(-c3cccc4c3-c3ccccc3C43c4ccccc4-c4ccccc43)n2)cc1. The summed E-state index contributed by atoms with van der Waals surface area (Å²) >= 11 is 0. The summed E-state index contributed by atoms with van der Waals surface area (Å²) in [6.07, 6.45) is 0. The second kappa shape index (κ2) is 10.2. The lowest BCUT2D eigenvalue weighted by Gasteiger charge is -2.30. The molecule has 0 amide bonds. The van der Waals surface area contributed by atoms with E-state index in [9.17, 15) is 0 Å². The number of benzene rings is 7. The van der Waals surface area contributed by atoms with Gasteiger partial charge in [-0.3, -0.25) is 0 Å². The molecule has 2 aliphatic carbocycles. The van der Waals surface area contributed by atoms with Crippen LogP contribution in [-0.4, -0.2) is 15.0 Å². The van der Waals surface area contributed by atoms with Gasteiger partial charge in [0.25, 0.3) is 0 Å². The van der Waals surface area contributed by atoms with E-state index in [4.69, 9.17) is 19.4 Å². The van der Waals surface area contributed by atoms with Crippen LogP contribution in [0.1, 0.15) is 22.3 Å². The molecule has 0 radical (unpaired) electrons. The van der Waals surface area contributed by atoms with Crippen molar-refractivity contribution in [2.24, 2.45) is 0 Å². The molecule has 4 heteroatoms. The Bertz CT molecular complexity index is 2790. The van der Waals surface area contributed by atoms with E-state index in [2.05, 4.69) is 115 Å². The molecule has 0 saturated carbocycles. The fourth-order valence-electron chi connectivity index (χ4n) is 8.54. The molecule has 11 rings (SSSR count). The summed E-state index contributed by atoms with van der Waals surface area (Å²) in [5.74, 6) is 1.91. The van der Waals surface area contributed by atoms with Crippen LogP contribution in [-0.2, 0) is 5.41 Å². The molecule has 2 aliphatic rings. The fraction of sp³-hybridized carbons (Fsp3) is 0.0217. The highest BCUT2D eigenvalue weighted by atomic mass is 16.3. The van der Waals surface area contributed by atoms with Gasteiger partial charge < -0.3 is 4.42 Å². The Balaban J connectivity index is 1.19. The van der Waals surface area contributed by atoms with Gasteiger partial charge in [0.05, 0.1) is 5.41 Å². The topological polar surface area (TPSA) is 51.8 Å². The molecule has 2 heterocycles. The first-order valence-corrected chi connectivity index (χ1v) is 17.0. The van der Waals surface area contributed by atoms with Crippen molar-refractivity contribution < 1.29 is 4.42 Å². The molecule has 0 saturated heterocycles. The highest BCUT2D eigenvalue weighted by molar-refractivity contribution is 6.06. The Morgan fingerprint density at radius 2 is 0.900 bits per heavy atom. The Labute approximate surface area is 288 Å². The van der Waals surface area contributed by atoms with Crippen molar-refractivity contribution in [2.45, 2.75) is 5.41 Å². The van der Waals surface area contributed by atoms with Gasteiger partial charge in [-0.2, -0.15) is 0 Å². The fourth-order valence-corrected chi connectivity index (χ4v) is 8.54. The molecule has 0 N–H and O–H groups in total. The van der Waals surface area contributed by atoms with Crippen molar-refractivity contribution in [2.75, 3.05) is 0 Å². The summed E-state index contributed by atoms with van der Waals surface area (Å²) in [5.41, 5.74) is 14.2. The first-order valence-electron chi connectivity index (χ1n) is 17.0. The zero-order valence-electron chi connectivity index (χ0n) is 26.8. The number of rotatable bonds is 3. The van der Waals surface area contributed by atoms with Crippen LogP contribution in [0.5, 0.6) is 0 Å². The molecule has 0 atom stereocenters. The van der Waals surface area contributed by atoms with E-state index in [1.165, 1.54) is 44.5 Å². The lowest BCUT2D eigenvalue weighted by Crippen LogP contribution is -2.25. The van der Waals surface area contributed by atoms with Crippen molar-refractivity contribution in [1.29, 1.82) is 0 Å². The number of hydrogen-bond donors (Lipinski definition) is 0. The van der Waals surface area contributed by atoms with Crippen molar-refractivity contribution in [3.8, 4) is 56.4 Å². The third kappa shape index (κ3) is 3.62. The molecule has 232 valence electrons. The Morgan fingerprint density at radius 3 is 1.66 bits per heavy atom. The molecule has 50 heavy (non-hydrogen) atoms. The standard InChI is InChI=1S/C46H27N3O/c1-2-13-28(14-3-1)43-47-44(29-25-26-41-35(27-29)32-17-7-11-24-40(32)50-41)49-45(48-43)34-19-12-23-39-42(34)33-18-6-10-22-38(33)46(39)36-20-8-4-15-30(36)31-16-5-9-21-37(31)46/h1-27H. The van der Waals surface area contributed by atoms with E-state index >= 15 is 0 Å². The number of aromatic nitrogens is 3. The third-order valence-corrected chi connectivity index (χ3v) is 10.6. The summed E-state index contributed by atoms with van der Waals surface area (Å²) < 4.78 is 6.16. The molecule has 4 nitrogen and oxygen atoms in total. The van der Waals surface area contributed by atoms with E-state index in [1.54, 1.807) is 0 Å². The van der Waals surface area contributed by atoms with E-state index in [0.717, 1.165) is 38.6 Å². The minimum Gasteiger partial charge on any atom is -0.456 e. The molecule has 0 fully saturated rings. The lowest BCUT2D eigenvalue weighted by molar-refractivity contribution is 0.669. The number of nitrogens with zero attached hydrogens (tertiary/aromatic N) is 3. The minimum absolute atomic E-state index is 0.444. The maximum Gasteiger partial charge on any atom is 0.164 e. The molecule has 1 spiro atoms. The quantitative estimate of drug-likeness (QED) is 0.193. The number of furan rings is 1. The van der Waals surface area contributed by atoms with Gasteiger partial charge >= 0.3 is 0 Å². The molecule has 2 aromatic heterocycles. The van der Waals surface area contributed by atoms with Crippen LogP contribution in [0, 0.1) is 0 Å². The van der Waals surface area contributed by atoms with Crippen LogP contribution in [0.25, 0.3) is 78.4 Å². The third-order valence-electron chi connectivity index (χ3n) is 10.6. The molecule has 7 aromatic carbocycles. The predicted octanol–water partition coefficient (Wildman–Crippen LogP) is 11.1. The van der Waals surface area contributed by atoms with Crippen molar-refractivity contribution in [3.63, 3.8) is 0 Å². The smallest absolute Gasteiger partial charge is 0.164 e. The molecule has 9 aromatic rings. The van der Waals surface area contributed by atoms with Gasteiger partial charge in [-0.1, -0.05) is 140 Å². The van der Waals surface area contributed by atoms with Crippen LogP contribution in [0.4, 0.5) is 0 Å². The van der Waals surface area contributed by atoms with E-state index in [1.807, 2.05) is 48.5 Å². The molecule has 0 unspecified atom stereocenters. The van der Waals surface area contributed by atoms with Crippen LogP contribution in [0.2, 0.25) is 0 Å². The monoisotopic (exact) mass is 637 g/mol. The second-order valence-electron chi connectivity index (χ2n) is 13.1. The summed E-state index contributed by atoms with van der Waals surface area (Å²) in [5, 5.41) is 2.11. The molecular formula is C46H27N3O. The highest BCUT2D eigenvalue weighted by Crippen LogP contribution is 2.63. The van der Waals surface area contributed by atoms with Gasteiger partial charge in [-0.15, -0.1) is 0 Å². The number of hydrogen-bond acceptors (Lipinski definition) is 4. The Morgan fingerprint density at radius 1 is 0.360 bits per heavy atom. The van der Waals surface area contributed by atoms with Gasteiger partial charge in [-0.05, 0) is 68.8 Å². The van der Waals surface area contributed by atoms with Gasteiger partial charge in [0.2, 0.25) is 0 Å². The van der Waals surface area contributed by atoms with Crippen LogP contribution in [0.15, 0.2) is 168 Å². The van der Waals surface area contributed by atoms with E-state index < -0.39 is 5.41 Å². The van der Waals surface area contributed by atoms with Gasteiger partial charge in [0, 0.05) is 27.5 Å². The van der Waals surface area contributed by atoms with Gasteiger partial charge in [0.1, 0.15) is 11.2 Å². The van der Waals surface area contributed by atoms with Crippen molar-refractivity contribution >= 4 is 21.9 Å². The molecular weight excluding hydrogens is 611 g/mol. The van der Waals surface area contributed by atoms with Gasteiger partial charge in [0.15, 0.2) is 17.5 Å². The number of fused-ring (bicyclic) bond motifs is 13. The molecule has 0 aliphatic heterocycles. The Hall–Kier alpha value is -6.65. The summed E-state index contributed by atoms with van der Waals surface area (Å²) in [6.45, 7) is 0. The summed E-state index contributed by atoms with van der Waals surface area (Å²) in [4.78, 5) is 15.6. The maximum absolute atomic E-state index is 6.16. The van der Waals surface area contributed by atoms with Crippen LogP contribution >= 0.6 is 0 Å². The maximum atomic E-state index is 6.16. The normalized spacial score (nSPS) is 13.4. The lowest BCUT2D eigenvalue weighted by atomic mass is 9.70. The average Bonchev–Trinajstić information content (AvgIpc) is 3.82. The summed E-state index contributed by atoms with van der Waals surface area (Å²) in [7, 11) is 0. The largest absolute Gasteiger partial charge is 0.456 e. The van der Waals surface area contributed by atoms with E-state index in [0.29, 0.717) is 17.5 Å². The minimum atomic E-state index is -0.444. The van der Waals surface area contributed by atoms with Crippen LogP contribution in [0.3, 0.4) is 0 Å². The number of para-hydroxylation sites is 1. The van der Waals surface area contributed by atoms with Crippen molar-refractivity contribution in [3.05, 3.63) is 186 Å². The summed E-state index contributed by atoms with van der Waals surface area (Å²) in [6, 6.07) is 57.8. The second-order valence-corrected chi connectivity index (χ2v) is 13.1. The first-order chi connectivity index (χ1) is 24.8. The average molecular weight is 638 g/mol.